The van der Waals surface area contributed by atoms with E-state index in [9.17, 15) is 19.8 Å². The zero-order chi connectivity index (χ0) is 46.5. The Morgan fingerprint density at radius 2 is 0.734 bits per heavy atom. The topological polar surface area (TPSA) is 95.9 Å². The molecule has 0 aliphatic heterocycles. The number of nitrogens with one attached hydrogen (secondary N) is 1. The van der Waals surface area contributed by atoms with Crippen molar-refractivity contribution in [3.63, 3.8) is 0 Å². The Hall–Kier alpha value is -1.92. The van der Waals surface area contributed by atoms with E-state index in [1.54, 1.807) is 6.08 Å². The van der Waals surface area contributed by atoms with Crippen LogP contribution in [0.1, 0.15) is 296 Å². The van der Waals surface area contributed by atoms with E-state index >= 15 is 0 Å². The number of allylic oxidation sites excluding steroid dienone is 5. The first-order valence-electron chi connectivity index (χ1n) is 28.3. The molecule has 0 aliphatic rings. The minimum absolute atomic E-state index is 0.0408. The Balaban J connectivity index is 3.55. The number of aliphatic hydroxyl groups excluding tert-OH is 2. The fourth-order valence-corrected chi connectivity index (χ4v) is 8.50. The van der Waals surface area contributed by atoms with Crippen molar-refractivity contribution in [2.45, 2.75) is 309 Å². The predicted octanol–water partition coefficient (Wildman–Crippen LogP) is 17.2. The summed E-state index contributed by atoms with van der Waals surface area (Å²) in [6.45, 7) is 4.83. The van der Waals surface area contributed by atoms with Gasteiger partial charge in [-0.15, -0.1) is 0 Å². The number of rotatable bonds is 52. The van der Waals surface area contributed by atoms with Crippen LogP contribution in [0.25, 0.3) is 0 Å². The molecule has 64 heavy (non-hydrogen) atoms. The third-order valence-electron chi connectivity index (χ3n) is 12.9. The molecule has 0 bridgehead atoms. The molecule has 3 N–H and O–H groups in total. The van der Waals surface area contributed by atoms with Crippen molar-refractivity contribution in [1.29, 1.82) is 0 Å². The van der Waals surface area contributed by atoms with Crippen molar-refractivity contribution in [2.75, 3.05) is 13.2 Å². The number of carbonyl (C=O) groups is 2. The third kappa shape index (κ3) is 49.5. The second-order valence-corrected chi connectivity index (χ2v) is 19.3. The molecular weight excluding hydrogens is 791 g/mol. The van der Waals surface area contributed by atoms with Crippen LogP contribution in [0.15, 0.2) is 36.5 Å². The second-order valence-electron chi connectivity index (χ2n) is 19.3. The van der Waals surface area contributed by atoms with E-state index in [0.717, 1.165) is 83.5 Å². The van der Waals surface area contributed by atoms with Gasteiger partial charge in [-0.3, -0.25) is 9.59 Å². The number of ether oxygens (including phenoxy) is 1. The summed E-state index contributed by atoms with van der Waals surface area (Å²) in [5.74, 6) is -0.137. The van der Waals surface area contributed by atoms with Crippen molar-refractivity contribution in [3.05, 3.63) is 36.5 Å². The predicted molar refractivity (Wildman–Crippen MR) is 278 cm³/mol. The molecule has 6 nitrogen and oxygen atoms in total. The molecular formula is C58H109NO5. The quantitative estimate of drug-likeness (QED) is 0.0321. The van der Waals surface area contributed by atoms with Gasteiger partial charge in [0.15, 0.2) is 0 Å². The fraction of sp³-hybridized carbons (Fsp3) is 0.862. The Kier molecular flexibility index (Phi) is 52.1. The fourth-order valence-electron chi connectivity index (χ4n) is 8.50. The maximum atomic E-state index is 12.5. The molecule has 0 fully saturated rings. The van der Waals surface area contributed by atoms with Crippen LogP contribution in [0.5, 0.6) is 0 Å². The Bertz CT molecular complexity index is 1040. The summed E-state index contributed by atoms with van der Waals surface area (Å²) in [5, 5.41) is 23.1. The molecule has 2 unspecified atom stereocenters. The van der Waals surface area contributed by atoms with Gasteiger partial charge in [0.1, 0.15) is 0 Å². The van der Waals surface area contributed by atoms with Gasteiger partial charge in [0.05, 0.1) is 25.4 Å². The third-order valence-corrected chi connectivity index (χ3v) is 12.9. The maximum Gasteiger partial charge on any atom is 0.305 e. The number of amides is 1. The lowest BCUT2D eigenvalue weighted by atomic mass is 10.0. The van der Waals surface area contributed by atoms with Gasteiger partial charge in [0.2, 0.25) is 5.91 Å². The van der Waals surface area contributed by atoms with Gasteiger partial charge in [-0.05, 0) is 83.5 Å². The van der Waals surface area contributed by atoms with E-state index in [4.69, 9.17) is 4.74 Å². The van der Waals surface area contributed by atoms with Gasteiger partial charge < -0.3 is 20.3 Å². The lowest BCUT2D eigenvalue weighted by Gasteiger charge is -2.20. The summed E-state index contributed by atoms with van der Waals surface area (Å²) in [4.78, 5) is 24.5. The molecule has 0 aromatic carbocycles. The molecule has 6 heteroatoms. The highest BCUT2D eigenvalue weighted by Gasteiger charge is 2.18. The van der Waals surface area contributed by atoms with Crippen molar-refractivity contribution in [3.8, 4) is 0 Å². The van der Waals surface area contributed by atoms with Crippen LogP contribution >= 0.6 is 0 Å². The van der Waals surface area contributed by atoms with Gasteiger partial charge in [0, 0.05) is 12.8 Å². The van der Waals surface area contributed by atoms with Gasteiger partial charge >= 0.3 is 5.97 Å². The van der Waals surface area contributed by atoms with Gasteiger partial charge in [0.25, 0.3) is 0 Å². The standard InChI is InChI=1S/C58H109NO5/c1-3-5-7-9-11-13-15-17-19-20-21-22-23-24-26-27-30-34-38-42-46-50-56(61)55(54-60)59-57(62)51-47-43-39-35-31-29-33-37-41-45-49-53-64-58(63)52-48-44-40-36-32-28-25-18-16-14-12-10-8-6-4-2/h18,25,33,37,46,50,55-56,60-61H,3-17,19-24,26-32,34-36,38-45,47-49,51-54H2,1-2H3,(H,59,62)/b25-18-,37-33-,50-46+. The molecule has 0 saturated heterocycles. The van der Waals surface area contributed by atoms with Crippen molar-refractivity contribution in [2.24, 2.45) is 0 Å². The smallest absolute Gasteiger partial charge is 0.305 e. The average Bonchev–Trinajstić information content (AvgIpc) is 3.29. The molecule has 0 rings (SSSR count). The number of carbonyl (C=O) groups excluding carboxylic acids is 2. The van der Waals surface area contributed by atoms with Crippen LogP contribution in [-0.4, -0.2) is 47.4 Å². The molecule has 0 aromatic heterocycles. The van der Waals surface area contributed by atoms with Crippen LogP contribution in [0.2, 0.25) is 0 Å². The van der Waals surface area contributed by atoms with E-state index in [1.807, 2.05) is 6.08 Å². The Labute approximate surface area is 398 Å². The summed E-state index contributed by atoms with van der Waals surface area (Å²) in [5.41, 5.74) is 0. The Morgan fingerprint density at radius 3 is 1.11 bits per heavy atom. The van der Waals surface area contributed by atoms with E-state index in [-0.39, 0.29) is 18.5 Å². The minimum Gasteiger partial charge on any atom is -0.466 e. The van der Waals surface area contributed by atoms with Crippen LogP contribution in [0.3, 0.4) is 0 Å². The van der Waals surface area contributed by atoms with Crippen LogP contribution in [-0.2, 0) is 14.3 Å². The molecule has 0 aromatic rings. The highest BCUT2D eigenvalue weighted by molar-refractivity contribution is 5.76. The highest BCUT2D eigenvalue weighted by Crippen LogP contribution is 2.16. The zero-order valence-corrected chi connectivity index (χ0v) is 42.8. The number of hydrogen-bond donors (Lipinski definition) is 3. The van der Waals surface area contributed by atoms with Crippen LogP contribution in [0, 0.1) is 0 Å². The first kappa shape index (κ1) is 62.1. The summed E-state index contributed by atoms with van der Waals surface area (Å²) in [7, 11) is 0. The molecule has 376 valence electrons. The van der Waals surface area contributed by atoms with Gasteiger partial charge in [-0.25, -0.2) is 0 Å². The molecule has 1 amide bonds. The van der Waals surface area contributed by atoms with Crippen molar-refractivity contribution in [1.82, 2.24) is 5.32 Å². The Morgan fingerprint density at radius 1 is 0.422 bits per heavy atom. The molecule has 0 aliphatic carbocycles. The van der Waals surface area contributed by atoms with Crippen molar-refractivity contribution >= 4 is 11.9 Å². The lowest BCUT2D eigenvalue weighted by molar-refractivity contribution is -0.143. The average molecular weight is 901 g/mol. The first-order chi connectivity index (χ1) is 31.5. The molecule has 0 heterocycles. The first-order valence-corrected chi connectivity index (χ1v) is 28.3. The molecule has 2 atom stereocenters. The summed E-state index contributed by atoms with van der Waals surface area (Å²) in [6.07, 6.45) is 65.9. The summed E-state index contributed by atoms with van der Waals surface area (Å²) < 4.78 is 5.44. The second kappa shape index (κ2) is 53.7. The lowest BCUT2D eigenvalue weighted by Crippen LogP contribution is -2.45. The van der Waals surface area contributed by atoms with Crippen LogP contribution < -0.4 is 5.32 Å². The monoisotopic (exact) mass is 900 g/mol. The van der Waals surface area contributed by atoms with E-state index < -0.39 is 12.1 Å². The number of unbranched alkanes of at least 4 members (excludes halogenated alkanes) is 37. The van der Waals surface area contributed by atoms with E-state index in [0.29, 0.717) is 19.4 Å². The summed E-state index contributed by atoms with van der Waals surface area (Å²) >= 11 is 0. The van der Waals surface area contributed by atoms with Crippen LogP contribution in [0.4, 0.5) is 0 Å². The number of esters is 1. The van der Waals surface area contributed by atoms with E-state index in [2.05, 4.69) is 43.5 Å². The molecule has 0 spiro atoms. The number of aliphatic hydroxyl groups is 2. The van der Waals surface area contributed by atoms with Crippen molar-refractivity contribution < 1.29 is 24.5 Å². The zero-order valence-electron chi connectivity index (χ0n) is 42.8. The van der Waals surface area contributed by atoms with Gasteiger partial charge in [-0.1, -0.05) is 237 Å². The van der Waals surface area contributed by atoms with Gasteiger partial charge in [-0.2, -0.15) is 0 Å². The normalized spacial score (nSPS) is 12.9. The minimum atomic E-state index is -0.864. The SMILES string of the molecule is CCCCCCCC/C=C\CCCCCCCC(=O)OCCCC/C=C\CCCCCCCC(=O)NC(CO)C(O)/C=C/CCCCCCCCCCCCCCCCCCCCC. The summed E-state index contributed by atoms with van der Waals surface area (Å²) in [6, 6.07) is -0.650. The highest BCUT2D eigenvalue weighted by atomic mass is 16.5. The largest absolute Gasteiger partial charge is 0.466 e. The molecule has 0 saturated carbocycles. The molecule has 0 radical (unpaired) electrons. The maximum absolute atomic E-state index is 12.5. The van der Waals surface area contributed by atoms with E-state index in [1.165, 1.54) is 186 Å². The number of hydrogen-bond acceptors (Lipinski definition) is 5.